The van der Waals surface area contributed by atoms with Crippen LogP contribution in [-0.2, 0) is 0 Å². The SMILES string of the molecule is O=C(O)c1ccc2c(c1)C(=O)N(c1cc(-c3cccnc3)ccc1C(=O)O)C2=O. The molecular formula is C21H12N2O6. The van der Waals surface area contributed by atoms with Crippen molar-refractivity contribution in [1.29, 1.82) is 0 Å². The Bertz CT molecular complexity index is 1200. The molecule has 0 saturated heterocycles. The lowest BCUT2D eigenvalue weighted by molar-refractivity contribution is 0.0686. The number of imide groups is 1. The summed E-state index contributed by atoms with van der Waals surface area (Å²) in [6, 6.07) is 11.4. The highest BCUT2D eigenvalue weighted by molar-refractivity contribution is 6.35. The zero-order valence-electron chi connectivity index (χ0n) is 14.7. The summed E-state index contributed by atoms with van der Waals surface area (Å²) in [5, 5.41) is 18.7. The van der Waals surface area contributed by atoms with E-state index in [1.165, 1.54) is 24.3 Å². The van der Waals surface area contributed by atoms with E-state index in [0.717, 1.165) is 11.0 Å². The number of hydrogen-bond acceptors (Lipinski definition) is 5. The molecular weight excluding hydrogens is 376 g/mol. The second kappa shape index (κ2) is 6.68. The molecule has 1 aliphatic rings. The number of amides is 2. The number of nitrogens with zero attached hydrogens (tertiary/aromatic N) is 2. The second-order valence-corrected chi connectivity index (χ2v) is 6.29. The number of rotatable bonds is 4. The summed E-state index contributed by atoms with van der Waals surface area (Å²) < 4.78 is 0. The van der Waals surface area contributed by atoms with Gasteiger partial charge in [0.25, 0.3) is 11.8 Å². The average molecular weight is 388 g/mol. The summed E-state index contributed by atoms with van der Waals surface area (Å²) in [6.45, 7) is 0. The molecule has 29 heavy (non-hydrogen) atoms. The number of benzene rings is 2. The maximum atomic E-state index is 12.9. The van der Waals surface area contributed by atoms with Gasteiger partial charge in [-0.15, -0.1) is 0 Å². The summed E-state index contributed by atoms with van der Waals surface area (Å²) >= 11 is 0. The van der Waals surface area contributed by atoms with E-state index in [0.29, 0.717) is 11.1 Å². The van der Waals surface area contributed by atoms with Crippen molar-refractivity contribution >= 4 is 29.4 Å². The lowest BCUT2D eigenvalue weighted by Gasteiger charge is -2.18. The monoisotopic (exact) mass is 388 g/mol. The molecule has 142 valence electrons. The molecule has 1 aliphatic heterocycles. The van der Waals surface area contributed by atoms with Crippen molar-refractivity contribution in [3.05, 3.63) is 83.2 Å². The van der Waals surface area contributed by atoms with Gasteiger partial charge in [0.15, 0.2) is 0 Å². The average Bonchev–Trinajstić information content (AvgIpc) is 2.98. The number of pyridine rings is 1. The number of fused-ring (bicyclic) bond motifs is 1. The van der Waals surface area contributed by atoms with Crippen LogP contribution in [0.3, 0.4) is 0 Å². The van der Waals surface area contributed by atoms with Crippen molar-refractivity contribution in [2.24, 2.45) is 0 Å². The molecule has 0 radical (unpaired) electrons. The number of aromatic carboxylic acids is 2. The predicted octanol–water partition coefficient (Wildman–Crippen LogP) is 2.95. The first-order chi connectivity index (χ1) is 13.9. The standard InChI is InChI=1S/C21H12N2O6/c24-18-14-5-4-12(20(26)27)8-16(14)19(25)23(18)17-9-11(3-6-15(17)21(28)29)13-2-1-7-22-10-13/h1-10H,(H,26,27)(H,28,29). The fourth-order valence-electron chi connectivity index (χ4n) is 3.20. The summed E-state index contributed by atoms with van der Waals surface area (Å²) in [5.74, 6) is -4.04. The topological polar surface area (TPSA) is 125 Å². The van der Waals surface area contributed by atoms with Crippen LogP contribution in [0.4, 0.5) is 5.69 Å². The van der Waals surface area contributed by atoms with Crippen molar-refractivity contribution in [2.45, 2.75) is 0 Å². The van der Waals surface area contributed by atoms with Crippen LogP contribution in [0.15, 0.2) is 60.9 Å². The number of carboxylic acids is 2. The van der Waals surface area contributed by atoms with Crippen LogP contribution >= 0.6 is 0 Å². The minimum absolute atomic E-state index is 0.0168. The molecule has 0 spiro atoms. The smallest absolute Gasteiger partial charge is 0.337 e. The summed E-state index contributed by atoms with van der Waals surface area (Å²) in [7, 11) is 0. The molecule has 0 aliphatic carbocycles. The lowest BCUT2D eigenvalue weighted by atomic mass is 10.0. The fourth-order valence-corrected chi connectivity index (χ4v) is 3.20. The van der Waals surface area contributed by atoms with Crippen LogP contribution in [0.25, 0.3) is 11.1 Å². The van der Waals surface area contributed by atoms with Gasteiger partial charge in [-0.3, -0.25) is 14.6 Å². The Labute approximate surface area is 163 Å². The minimum Gasteiger partial charge on any atom is -0.478 e. The van der Waals surface area contributed by atoms with Crippen LogP contribution in [0.5, 0.6) is 0 Å². The third-order valence-corrected chi connectivity index (χ3v) is 4.60. The molecule has 3 aromatic rings. The Kier molecular flexibility index (Phi) is 4.16. The molecule has 0 saturated carbocycles. The van der Waals surface area contributed by atoms with E-state index in [1.807, 2.05) is 0 Å². The van der Waals surface area contributed by atoms with Crippen molar-refractivity contribution in [3.63, 3.8) is 0 Å². The normalized spacial score (nSPS) is 12.8. The summed E-state index contributed by atoms with van der Waals surface area (Å²) in [6.07, 6.45) is 3.15. The van der Waals surface area contributed by atoms with E-state index < -0.39 is 23.8 Å². The van der Waals surface area contributed by atoms with E-state index in [2.05, 4.69) is 4.98 Å². The lowest BCUT2D eigenvalue weighted by Crippen LogP contribution is -2.31. The molecule has 0 atom stereocenters. The van der Waals surface area contributed by atoms with Gasteiger partial charge in [0.05, 0.1) is 27.9 Å². The molecule has 0 unspecified atom stereocenters. The second-order valence-electron chi connectivity index (χ2n) is 6.29. The van der Waals surface area contributed by atoms with E-state index in [4.69, 9.17) is 5.11 Å². The van der Waals surface area contributed by atoms with Crippen LogP contribution in [0, 0.1) is 0 Å². The van der Waals surface area contributed by atoms with Crippen LogP contribution in [0.2, 0.25) is 0 Å². The predicted molar refractivity (Wildman–Crippen MR) is 101 cm³/mol. The van der Waals surface area contributed by atoms with Gasteiger partial charge in [-0.2, -0.15) is 0 Å². The molecule has 2 aromatic carbocycles. The van der Waals surface area contributed by atoms with Gasteiger partial charge < -0.3 is 10.2 Å². The molecule has 2 heterocycles. The summed E-state index contributed by atoms with van der Waals surface area (Å²) in [4.78, 5) is 53.5. The number of carboxylic acid groups (broad SMARTS) is 2. The van der Waals surface area contributed by atoms with E-state index in [9.17, 15) is 24.3 Å². The quantitative estimate of drug-likeness (QED) is 0.658. The number of hydrogen-bond donors (Lipinski definition) is 2. The largest absolute Gasteiger partial charge is 0.478 e. The van der Waals surface area contributed by atoms with Gasteiger partial charge >= 0.3 is 11.9 Å². The van der Waals surface area contributed by atoms with Gasteiger partial charge in [0.2, 0.25) is 0 Å². The van der Waals surface area contributed by atoms with Crippen molar-refractivity contribution < 1.29 is 29.4 Å². The first-order valence-corrected chi connectivity index (χ1v) is 8.42. The zero-order chi connectivity index (χ0) is 20.7. The molecule has 0 bridgehead atoms. The number of carbonyl (C=O) groups excluding carboxylic acids is 2. The minimum atomic E-state index is -1.31. The Morgan fingerprint density at radius 3 is 2.24 bits per heavy atom. The Balaban J connectivity index is 1.87. The van der Waals surface area contributed by atoms with Crippen LogP contribution in [-0.4, -0.2) is 39.0 Å². The zero-order valence-corrected chi connectivity index (χ0v) is 14.7. The number of carbonyl (C=O) groups is 4. The third-order valence-electron chi connectivity index (χ3n) is 4.60. The molecule has 4 rings (SSSR count). The third kappa shape index (κ3) is 2.92. The molecule has 2 N–H and O–H groups in total. The maximum absolute atomic E-state index is 12.9. The molecule has 2 amide bonds. The summed E-state index contributed by atoms with van der Waals surface area (Å²) in [5.41, 5.74) is 0.708. The van der Waals surface area contributed by atoms with Gasteiger partial charge in [-0.1, -0.05) is 12.1 Å². The Hall–Kier alpha value is -4.33. The van der Waals surface area contributed by atoms with Gasteiger partial charge in [0, 0.05) is 18.0 Å². The van der Waals surface area contributed by atoms with Crippen molar-refractivity contribution in [1.82, 2.24) is 4.98 Å². The Morgan fingerprint density at radius 1 is 0.828 bits per heavy atom. The van der Waals surface area contributed by atoms with Crippen molar-refractivity contribution in [3.8, 4) is 11.1 Å². The Morgan fingerprint density at radius 2 is 1.59 bits per heavy atom. The van der Waals surface area contributed by atoms with Gasteiger partial charge in [0.1, 0.15) is 0 Å². The van der Waals surface area contributed by atoms with Gasteiger partial charge in [-0.05, 0) is 42.0 Å². The first kappa shape index (κ1) is 18.1. The fraction of sp³-hybridized carbons (Fsp3) is 0. The maximum Gasteiger partial charge on any atom is 0.337 e. The first-order valence-electron chi connectivity index (χ1n) is 8.42. The van der Waals surface area contributed by atoms with E-state index in [1.54, 1.807) is 30.6 Å². The van der Waals surface area contributed by atoms with E-state index in [-0.39, 0.29) is 27.9 Å². The number of aromatic nitrogens is 1. The molecule has 8 nitrogen and oxygen atoms in total. The number of anilines is 1. The molecule has 1 aromatic heterocycles. The highest BCUT2D eigenvalue weighted by Crippen LogP contribution is 2.34. The highest BCUT2D eigenvalue weighted by atomic mass is 16.4. The highest BCUT2D eigenvalue weighted by Gasteiger charge is 2.39. The van der Waals surface area contributed by atoms with E-state index >= 15 is 0 Å². The van der Waals surface area contributed by atoms with Crippen LogP contribution in [0.1, 0.15) is 41.4 Å². The molecule has 8 heteroatoms. The van der Waals surface area contributed by atoms with Gasteiger partial charge in [-0.25, -0.2) is 14.5 Å². The molecule has 0 fully saturated rings. The van der Waals surface area contributed by atoms with Crippen LogP contribution < -0.4 is 4.90 Å². The van der Waals surface area contributed by atoms with Crippen molar-refractivity contribution in [2.75, 3.05) is 4.90 Å².